The lowest BCUT2D eigenvalue weighted by Crippen LogP contribution is -2.50. The van der Waals surface area contributed by atoms with Crippen molar-refractivity contribution in [3.05, 3.63) is 18.1 Å². The number of nitrogens with one attached hydrogen (secondary N) is 1. The second kappa shape index (κ2) is 6.29. The Hall–Kier alpha value is -0.940. The maximum absolute atomic E-state index is 11.3. The minimum atomic E-state index is -0.876. The number of rotatable bonds is 7. The third-order valence-corrected chi connectivity index (χ3v) is 4.12. The van der Waals surface area contributed by atoms with Crippen molar-refractivity contribution in [1.29, 1.82) is 0 Å². The Labute approximate surface area is 112 Å². The van der Waals surface area contributed by atoms with E-state index < -0.39 is 11.5 Å². The molecule has 1 rings (SSSR count). The highest BCUT2D eigenvalue weighted by molar-refractivity contribution is 8.00. The highest BCUT2D eigenvalue weighted by atomic mass is 32.2. The van der Waals surface area contributed by atoms with Crippen LogP contribution in [0, 0.1) is 6.92 Å². The molecule has 0 aromatic carbocycles. The van der Waals surface area contributed by atoms with Crippen LogP contribution in [-0.4, -0.2) is 28.4 Å². The monoisotopic (exact) mass is 271 g/mol. The molecule has 0 aliphatic heterocycles. The van der Waals surface area contributed by atoms with E-state index in [9.17, 15) is 9.90 Å². The van der Waals surface area contributed by atoms with Gasteiger partial charge in [-0.05, 0) is 32.9 Å². The first-order chi connectivity index (χ1) is 8.39. The number of hydrogen-bond donors (Lipinski definition) is 2. The third-order valence-electron chi connectivity index (χ3n) is 2.87. The van der Waals surface area contributed by atoms with Gasteiger partial charge in [0, 0.05) is 10.1 Å². The number of thioether (sulfide) groups is 1. The number of carboxylic acid groups (broad SMARTS) is 1. The third kappa shape index (κ3) is 3.78. The van der Waals surface area contributed by atoms with Crippen LogP contribution in [0.15, 0.2) is 21.6 Å². The van der Waals surface area contributed by atoms with Crippen LogP contribution < -0.4 is 5.32 Å². The Morgan fingerprint density at radius 2 is 2.33 bits per heavy atom. The molecule has 4 nitrogen and oxygen atoms in total. The smallest absolute Gasteiger partial charge is 0.323 e. The zero-order valence-electron chi connectivity index (χ0n) is 11.3. The number of carboxylic acids is 1. The molecule has 102 valence electrons. The Balaban J connectivity index is 2.65. The van der Waals surface area contributed by atoms with Gasteiger partial charge >= 0.3 is 5.97 Å². The van der Waals surface area contributed by atoms with Gasteiger partial charge in [-0.25, -0.2) is 0 Å². The summed E-state index contributed by atoms with van der Waals surface area (Å²) in [4.78, 5) is 12.4. The number of hydrogen-bond acceptors (Lipinski definition) is 4. The van der Waals surface area contributed by atoms with Crippen molar-refractivity contribution in [2.75, 3.05) is 6.54 Å². The molecule has 0 aliphatic carbocycles. The van der Waals surface area contributed by atoms with Gasteiger partial charge in [0.25, 0.3) is 0 Å². The molecule has 0 saturated heterocycles. The Kier molecular flexibility index (Phi) is 5.28. The second-order valence-corrected chi connectivity index (χ2v) is 6.12. The van der Waals surface area contributed by atoms with Crippen LogP contribution in [-0.2, 0) is 4.79 Å². The van der Waals surface area contributed by atoms with Gasteiger partial charge in [-0.3, -0.25) is 4.79 Å². The molecule has 1 aromatic heterocycles. The topological polar surface area (TPSA) is 62.5 Å². The minimum absolute atomic E-state index is 0.196. The Morgan fingerprint density at radius 1 is 1.67 bits per heavy atom. The fraction of sp³-hybridized carbons (Fsp3) is 0.615. The van der Waals surface area contributed by atoms with Crippen LogP contribution in [0.2, 0.25) is 0 Å². The molecular formula is C13H21NO3S. The molecule has 18 heavy (non-hydrogen) atoms. The summed E-state index contributed by atoms with van der Waals surface area (Å²) in [6.07, 6.45) is 2.22. The SMILES string of the molecule is CCNC(C)(CC(C)Sc1ccoc1C)C(=O)O. The normalized spacial score (nSPS) is 16.2. The lowest BCUT2D eigenvalue weighted by atomic mass is 9.96. The molecule has 2 atom stereocenters. The van der Waals surface area contributed by atoms with Crippen LogP contribution in [0.5, 0.6) is 0 Å². The highest BCUT2D eigenvalue weighted by Crippen LogP contribution is 2.31. The summed E-state index contributed by atoms with van der Waals surface area (Å²) in [6.45, 7) is 8.24. The van der Waals surface area contributed by atoms with E-state index >= 15 is 0 Å². The summed E-state index contributed by atoms with van der Waals surface area (Å²) >= 11 is 1.65. The zero-order chi connectivity index (χ0) is 13.8. The zero-order valence-corrected chi connectivity index (χ0v) is 12.1. The number of aryl methyl sites for hydroxylation is 1. The first-order valence-corrected chi connectivity index (χ1v) is 6.96. The molecule has 0 aliphatic rings. The van der Waals surface area contributed by atoms with Crippen molar-refractivity contribution in [2.45, 2.75) is 49.8 Å². The molecule has 1 aromatic rings. The second-order valence-electron chi connectivity index (χ2n) is 4.64. The molecule has 0 fully saturated rings. The first-order valence-electron chi connectivity index (χ1n) is 6.08. The van der Waals surface area contributed by atoms with Gasteiger partial charge in [-0.15, -0.1) is 11.8 Å². The van der Waals surface area contributed by atoms with Gasteiger partial charge in [0.15, 0.2) is 0 Å². The van der Waals surface area contributed by atoms with Gasteiger partial charge in [-0.2, -0.15) is 0 Å². The van der Waals surface area contributed by atoms with E-state index in [1.165, 1.54) is 0 Å². The average Bonchev–Trinajstić information content (AvgIpc) is 2.64. The van der Waals surface area contributed by atoms with E-state index in [1.54, 1.807) is 24.9 Å². The molecule has 1 heterocycles. The molecule has 2 unspecified atom stereocenters. The van der Waals surface area contributed by atoms with E-state index in [1.807, 2.05) is 26.8 Å². The van der Waals surface area contributed by atoms with Crippen LogP contribution in [0.1, 0.15) is 33.0 Å². The standard InChI is InChI=1S/C13H21NO3S/c1-5-14-13(4,12(15)16)8-9(2)18-11-6-7-17-10(11)3/h6-7,9,14H,5,8H2,1-4H3,(H,15,16). The minimum Gasteiger partial charge on any atom is -0.480 e. The summed E-state index contributed by atoms with van der Waals surface area (Å²) < 4.78 is 5.24. The quantitative estimate of drug-likeness (QED) is 0.747. The molecule has 5 heteroatoms. The summed E-state index contributed by atoms with van der Waals surface area (Å²) in [7, 11) is 0. The molecule has 0 spiro atoms. The highest BCUT2D eigenvalue weighted by Gasteiger charge is 2.34. The molecular weight excluding hydrogens is 250 g/mol. The predicted octanol–water partition coefficient (Wildman–Crippen LogP) is 2.91. The molecule has 0 amide bonds. The van der Waals surface area contributed by atoms with Crippen molar-refractivity contribution in [2.24, 2.45) is 0 Å². The lowest BCUT2D eigenvalue weighted by Gasteiger charge is -2.28. The van der Waals surface area contributed by atoms with E-state index in [0.29, 0.717) is 13.0 Å². The lowest BCUT2D eigenvalue weighted by molar-refractivity contribution is -0.144. The summed E-state index contributed by atoms with van der Waals surface area (Å²) in [6, 6.07) is 1.92. The maximum Gasteiger partial charge on any atom is 0.323 e. The summed E-state index contributed by atoms with van der Waals surface area (Å²) in [5.41, 5.74) is -0.876. The maximum atomic E-state index is 11.3. The molecule has 0 bridgehead atoms. The van der Waals surface area contributed by atoms with Crippen molar-refractivity contribution in [3.8, 4) is 0 Å². The van der Waals surface area contributed by atoms with Gasteiger partial charge < -0.3 is 14.8 Å². The van der Waals surface area contributed by atoms with Gasteiger partial charge in [-0.1, -0.05) is 13.8 Å². The Bertz CT molecular complexity index is 405. The number of aliphatic carboxylic acids is 1. The van der Waals surface area contributed by atoms with Gasteiger partial charge in [0.05, 0.1) is 6.26 Å². The summed E-state index contributed by atoms with van der Waals surface area (Å²) in [5, 5.41) is 12.5. The van der Waals surface area contributed by atoms with Crippen LogP contribution in [0.3, 0.4) is 0 Å². The van der Waals surface area contributed by atoms with Gasteiger partial charge in [0.1, 0.15) is 11.3 Å². The van der Waals surface area contributed by atoms with Crippen molar-refractivity contribution in [3.63, 3.8) is 0 Å². The van der Waals surface area contributed by atoms with E-state index in [4.69, 9.17) is 4.42 Å². The molecule has 2 N–H and O–H groups in total. The molecule has 0 radical (unpaired) electrons. The van der Waals surface area contributed by atoms with Crippen LogP contribution in [0.25, 0.3) is 0 Å². The fourth-order valence-corrected chi connectivity index (χ4v) is 3.15. The number of carbonyl (C=O) groups is 1. The van der Waals surface area contributed by atoms with Crippen molar-refractivity contribution in [1.82, 2.24) is 5.32 Å². The van der Waals surface area contributed by atoms with E-state index in [0.717, 1.165) is 10.7 Å². The van der Waals surface area contributed by atoms with Crippen molar-refractivity contribution >= 4 is 17.7 Å². The first kappa shape index (κ1) is 15.1. The van der Waals surface area contributed by atoms with E-state index in [-0.39, 0.29) is 5.25 Å². The van der Waals surface area contributed by atoms with Crippen LogP contribution >= 0.6 is 11.8 Å². The van der Waals surface area contributed by atoms with Crippen molar-refractivity contribution < 1.29 is 14.3 Å². The van der Waals surface area contributed by atoms with Crippen LogP contribution in [0.4, 0.5) is 0 Å². The van der Waals surface area contributed by atoms with E-state index in [2.05, 4.69) is 5.32 Å². The fourth-order valence-electron chi connectivity index (χ4n) is 1.95. The number of furan rings is 1. The number of likely N-dealkylation sites (N-methyl/N-ethyl adjacent to an activating group) is 1. The predicted molar refractivity (Wildman–Crippen MR) is 73.1 cm³/mol. The molecule has 0 saturated carbocycles. The Morgan fingerprint density at radius 3 is 2.78 bits per heavy atom. The average molecular weight is 271 g/mol. The van der Waals surface area contributed by atoms with Gasteiger partial charge in [0.2, 0.25) is 0 Å². The summed E-state index contributed by atoms with van der Waals surface area (Å²) in [5.74, 6) is 0.0769. The largest absolute Gasteiger partial charge is 0.480 e.